The standard InChI is InChI=1S/C18H25NO6/c1-4-16(20)23-10-7-14(8-11-24-17(21)5-2)13-15(19)9-12-25-18(22)6-3/h4-6,13,15H,1-3,7-12,19H2. The lowest BCUT2D eigenvalue weighted by molar-refractivity contribution is -0.138. The fourth-order valence-electron chi connectivity index (χ4n) is 1.72. The van der Waals surface area contributed by atoms with Crippen molar-refractivity contribution >= 4 is 17.9 Å². The van der Waals surface area contributed by atoms with E-state index in [0.717, 1.165) is 23.8 Å². The smallest absolute Gasteiger partial charge is 0.330 e. The summed E-state index contributed by atoms with van der Waals surface area (Å²) in [4.78, 5) is 33.1. The van der Waals surface area contributed by atoms with Crippen molar-refractivity contribution in [2.24, 2.45) is 5.73 Å². The van der Waals surface area contributed by atoms with Gasteiger partial charge in [-0.15, -0.1) is 0 Å². The summed E-state index contributed by atoms with van der Waals surface area (Å²) in [6, 6.07) is -0.363. The van der Waals surface area contributed by atoms with Gasteiger partial charge >= 0.3 is 17.9 Å². The van der Waals surface area contributed by atoms with Gasteiger partial charge in [-0.3, -0.25) is 0 Å². The molecule has 1 atom stereocenters. The quantitative estimate of drug-likeness (QED) is 0.232. The summed E-state index contributed by atoms with van der Waals surface area (Å²) in [5.41, 5.74) is 6.83. The van der Waals surface area contributed by atoms with Crippen LogP contribution in [-0.4, -0.2) is 43.8 Å². The summed E-state index contributed by atoms with van der Waals surface area (Å²) >= 11 is 0. The Morgan fingerprint density at radius 2 is 1.20 bits per heavy atom. The highest BCUT2D eigenvalue weighted by molar-refractivity contribution is 5.81. The zero-order valence-electron chi connectivity index (χ0n) is 14.3. The van der Waals surface area contributed by atoms with Crippen LogP contribution in [0.1, 0.15) is 19.3 Å². The SMILES string of the molecule is C=CC(=O)OCCC(=CC(N)CCOC(=O)C=C)CCOC(=O)C=C. The van der Waals surface area contributed by atoms with Gasteiger partial charge in [-0.05, 0) is 0 Å². The van der Waals surface area contributed by atoms with E-state index in [0.29, 0.717) is 19.3 Å². The monoisotopic (exact) mass is 351 g/mol. The largest absolute Gasteiger partial charge is 0.462 e. The van der Waals surface area contributed by atoms with Crippen LogP contribution in [-0.2, 0) is 28.6 Å². The molecule has 138 valence electrons. The summed E-state index contributed by atoms with van der Waals surface area (Å²) in [5.74, 6) is -1.54. The Morgan fingerprint density at radius 1 is 0.800 bits per heavy atom. The van der Waals surface area contributed by atoms with Crippen molar-refractivity contribution in [2.45, 2.75) is 25.3 Å². The molecular weight excluding hydrogens is 326 g/mol. The lowest BCUT2D eigenvalue weighted by atomic mass is 10.1. The first-order chi connectivity index (χ1) is 11.9. The second-order valence-electron chi connectivity index (χ2n) is 4.89. The third-order valence-corrected chi connectivity index (χ3v) is 2.98. The molecular formula is C18H25NO6. The normalized spacial score (nSPS) is 10.8. The van der Waals surface area contributed by atoms with Crippen molar-refractivity contribution in [3.8, 4) is 0 Å². The molecule has 25 heavy (non-hydrogen) atoms. The van der Waals surface area contributed by atoms with E-state index in [4.69, 9.17) is 19.9 Å². The maximum absolute atomic E-state index is 11.1. The molecule has 0 rings (SSSR count). The van der Waals surface area contributed by atoms with Gasteiger partial charge in [0.15, 0.2) is 0 Å². The molecule has 0 amide bonds. The summed E-state index contributed by atoms with van der Waals surface area (Å²) in [5, 5.41) is 0. The molecule has 0 bridgehead atoms. The molecule has 2 N–H and O–H groups in total. The van der Waals surface area contributed by atoms with Crippen LogP contribution in [0.3, 0.4) is 0 Å². The molecule has 0 saturated heterocycles. The third-order valence-electron chi connectivity index (χ3n) is 2.98. The number of carbonyl (C=O) groups is 3. The fourth-order valence-corrected chi connectivity index (χ4v) is 1.72. The van der Waals surface area contributed by atoms with Crippen LogP contribution >= 0.6 is 0 Å². The fraction of sp³-hybridized carbons (Fsp3) is 0.389. The highest BCUT2D eigenvalue weighted by atomic mass is 16.5. The lowest BCUT2D eigenvalue weighted by Crippen LogP contribution is -2.21. The zero-order chi connectivity index (χ0) is 19.1. The molecule has 0 fully saturated rings. The van der Waals surface area contributed by atoms with Crippen molar-refractivity contribution in [1.29, 1.82) is 0 Å². The van der Waals surface area contributed by atoms with E-state index < -0.39 is 17.9 Å². The predicted octanol–water partition coefficient (Wildman–Crippen LogP) is 1.60. The maximum atomic E-state index is 11.1. The van der Waals surface area contributed by atoms with Crippen LogP contribution in [0.15, 0.2) is 49.6 Å². The number of rotatable bonds is 13. The highest BCUT2D eigenvalue weighted by Crippen LogP contribution is 2.10. The van der Waals surface area contributed by atoms with Gasteiger partial charge in [-0.2, -0.15) is 0 Å². The van der Waals surface area contributed by atoms with E-state index in [1.165, 1.54) is 0 Å². The van der Waals surface area contributed by atoms with Gasteiger partial charge in [0.25, 0.3) is 0 Å². The number of hydrogen-bond donors (Lipinski definition) is 1. The maximum Gasteiger partial charge on any atom is 0.330 e. The number of nitrogens with two attached hydrogens (primary N) is 1. The van der Waals surface area contributed by atoms with E-state index in [-0.39, 0.29) is 25.9 Å². The minimum absolute atomic E-state index is 0.157. The molecule has 0 heterocycles. The average Bonchev–Trinajstić information content (AvgIpc) is 2.60. The van der Waals surface area contributed by atoms with Crippen LogP contribution in [0.25, 0.3) is 0 Å². The molecule has 7 heteroatoms. The van der Waals surface area contributed by atoms with Crippen molar-refractivity contribution in [2.75, 3.05) is 19.8 Å². The second kappa shape index (κ2) is 13.7. The number of esters is 3. The molecule has 0 aromatic carbocycles. The molecule has 0 spiro atoms. The molecule has 0 radical (unpaired) electrons. The Hall–Kier alpha value is -2.67. The minimum Gasteiger partial charge on any atom is -0.462 e. The molecule has 0 saturated carbocycles. The van der Waals surface area contributed by atoms with Crippen molar-refractivity contribution in [3.05, 3.63) is 49.6 Å². The van der Waals surface area contributed by atoms with Crippen molar-refractivity contribution < 1.29 is 28.6 Å². The van der Waals surface area contributed by atoms with E-state index >= 15 is 0 Å². The number of ether oxygens (including phenoxy) is 3. The molecule has 7 nitrogen and oxygen atoms in total. The van der Waals surface area contributed by atoms with Crippen LogP contribution < -0.4 is 5.73 Å². The first-order valence-corrected chi connectivity index (χ1v) is 7.75. The van der Waals surface area contributed by atoms with Crippen LogP contribution in [0.4, 0.5) is 0 Å². The van der Waals surface area contributed by atoms with Crippen LogP contribution in [0, 0.1) is 0 Å². The Kier molecular flexibility index (Phi) is 12.3. The molecule has 0 aromatic heterocycles. The zero-order valence-corrected chi connectivity index (χ0v) is 14.3. The van der Waals surface area contributed by atoms with Gasteiger partial charge in [0.1, 0.15) is 0 Å². The molecule has 0 aliphatic carbocycles. The number of carbonyl (C=O) groups excluding carboxylic acids is 3. The summed E-state index contributed by atoms with van der Waals surface area (Å²) in [6.07, 6.45) is 6.31. The molecule has 0 aliphatic heterocycles. The minimum atomic E-state index is -0.516. The lowest BCUT2D eigenvalue weighted by Gasteiger charge is -2.12. The summed E-state index contributed by atoms with van der Waals surface area (Å²) < 4.78 is 14.7. The Bertz CT molecular complexity index is 496. The highest BCUT2D eigenvalue weighted by Gasteiger charge is 2.07. The predicted molar refractivity (Wildman–Crippen MR) is 93.4 cm³/mol. The first kappa shape index (κ1) is 22.3. The van der Waals surface area contributed by atoms with Gasteiger partial charge < -0.3 is 19.9 Å². The van der Waals surface area contributed by atoms with Crippen molar-refractivity contribution in [3.63, 3.8) is 0 Å². The topological polar surface area (TPSA) is 105 Å². The Labute approximate surface area is 147 Å². The molecule has 0 aromatic rings. The number of hydrogen-bond acceptors (Lipinski definition) is 7. The van der Waals surface area contributed by atoms with E-state index in [2.05, 4.69) is 19.7 Å². The van der Waals surface area contributed by atoms with Gasteiger partial charge in [0.2, 0.25) is 0 Å². The van der Waals surface area contributed by atoms with E-state index in [1.807, 2.05) is 0 Å². The van der Waals surface area contributed by atoms with Crippen molar-refractivity contribution in [1.82, 2.24) is 0 Å². The average molecular weight is 351 g/mol. The molecule has 0 aliphatic rings. The van der Waals surface area contributed by atoms with Gasteiger partial charge in [-0.25, -0.2) is 14.4 Å². The van der Waals surface area contributed by atoms with E-state index in [9.17, 15) is 14.4 Å². The Balaban J connectivity index is 4.54. The van der Waals surface area contributed by atoms with Crippen LogP contribution in [0.2, 0.25) is 0 Å². The summed E-state index contributed by atoms with van der Waals surface area (Å²) in [6.45, 7) is 10.4. The van der Waals surface area contributed by atoms with Crippen LogP contribution in [0.5, 0.6) is 0 Å². The molecule has 1 unspecified atom stereocenters. The third kappa shape index (κ3) is 12.4. The van der Waals surface area contributed by atoms with Gasteiger partial charge in [0.05, 0.1) is 19.8 Å². The summed E-state index contributed by atoms with van der Waals surface area (Å²) in [7, 11) is 0. The van der Waals surface area contributed by atoms with E-state index in [1.54, 1.807) is 6.08 Å². The first-order valence-electron chi connectivity index (χ1n) is 7.75. The van der Waals surface area contributed by atoms with Gasteiger partial charge in [0, 0.05) is 43.5 Å². The second-order valence-corrected chi connectivity index (χ2v) is 4.89. The van der Waals surface area contributed by atoms with Gasteiger partial charge in [-0.1, -0.05) is 31.4 Å². The Morgan fingerprint density at radius 3 is 1.60 bits per heavy atom.